The average Bonchev–Trinajstić information content (AvgIpc) is 1.63. The van der Waals surface area contributed by atoms with Crippen molar-refractivity contribution in [1.29, 1.82) is 0 Å². The number of nitrogens with one attached hydrogen (secondary N) is 1. The smallest absolute Gasteiger partial charge is 0.0830 e. The fraction of sp³-hybridized carbons (Fsp3) is 0.500. The largest absolute Gasteiger partial charge is 0.665 e. The lowest BCUT2D eigenvalue weighted by atomic mass is 10.4. The van der Waals surface area contributed by atoms with E-state index in [1.165, 1.54) is 0 Å². The zero-order valence-electron chi connectivity index (χ0n) is 6.02. The summed E-state index contributed by atoms with van der Waals surface area (Å²) in [7, 11) is 3.45. The van der Waals surface area contributed by atoms with Gasteiger partial charge in [0.05, 0.1) is 4.79 Å². The Morgan fingerprint density at radius 1 is 1.56 bits per heavy atom. The Hall–Kier alpha value is -0.830. The number of carbonyl (C=O) groups excluding carboxylic acids is 1. The summed E-state index contributed by atoms with van der Waals surface area (Å²) in [6.45, 7) is 5.04. The molecule has 0 spiro atoms. The summed E-state index contributed by atoms with van der Waals surface area (Å²) in [5, 5.41) is 0.642. The molecule has 0 unspecified atom stereocenters. The van der Waals surface area contributed by atoms with E-state index in [0.717, 1.165) is 0 Å². The van der Waals surface area contributed by atoms with Gasteiger partial charge < -0.3 is 0 Å². The van der Waals surface area contributed by atoms with Crippen molar-refractivity contribution >= 4 is 5.97 Å². The van der Waals surface area contributed by atoms with E-state index in [0.29, 0.717) is 10.6 Å². The minimum absolute atomic E-state index is 0.352. The molecule has 0 rings (SSSR count). The fourth-order valence-electron chi connectivity index (χ4n) is 0.273. The van der Waals surface area contributed by atoms with Crippen LogP contribution in [0, 0.1) is 0 Å². The van der Waals surface area contributed by atoms with Crippen LogP contribution in [0.2, 0.25) is 0 Å². The second-order valence-electron chi connectivity index (χ2n) is 2.08. The molecule has 51 valence electrons. The maximum atomic E-state index is 10.6. The van der Waals surface area contributed by atoms with Crippen molar-refractivity contribution in [2.75, 3.05) is 14.1 Å². The van der Waals surface area contributed by atoms with E-state index in [1.54, 1.807) is 21.0 Å². The van der Waals surface area contributed by atoms with Crippen molar-refractivity contribution in [3.63, 3.8) is 0 Å². The molecule has 0 aliphatic heterocycles. The van der Waals surface area contributed by atoms with Crippen LogP contribution in [0.4, 0.5) is 0 Å². The normalized spacial score (nSPS) is 9.33. The summed E-state index contributed by atoms with van der Waals surface area (Å²) in [6.07, 6.45) is 0. The van der Waals surface area contributed by atoms with Crippen LogP contribution in [-0.4, -0.2) is 20.1 Å². The highest BCUT2D eigenvalue weighted by molar-refractivity contribution is 5.86. The summed E-state index contributed by atoms with van der Waals surface area (Å²) in [5.74, 6) is -0.352. The molecule has 1 radical (unpaired) electrons. The Labute approximate surface area is 54.9 Å². The molecule has 0 fully saturated rings. The minimum Gasteiger partial charge on any atom is -0.0830 e. The first-order valence-electron chi connectivity index (χ1n) is 2.72. The first kappa shape index (κ1) is 8.17. The highest BCUT2D eigenvalue weighted by Gasteiger charge is 2.23. The van der Waals surface area contributed by atoms with E-state index >= 15 is 0 Å². The highest BCUT2D eigenvalue weighted by atomic mass is 16.7. The van der Waals surface area contributed by atoms with Crippen LogP contribution in [0.3, 0.4) is 0 Å². The zero-order valence-corrected chi connectivity index (χ0v) is 6.02. The van der Waals surface area contributed by atoms with Crippen LogP contribution >= 0.6 is 0 Å². The van der Waals surface area contributed by atoms with Crippen LogP contribution in [0.5, 0.6) is 0 Å². The number of carbonyl (C=O) groups is 1. The molecule has 0 atom stereocenters. The molecule has 0 aromatic heterocycles. The number of quaternary nitrogens is 1. The van der Waals surface area contributed by atoms with Gasteiger partial charge in [-0.05, 0) is 6.92 Å². The molecule has 3 heteroatoms. The first-order valence-corrected chi connectivity index (χ1v) is 2.72. The molecule has 9 heavy (non-hydrogen) atoms. The fourth-order valence-corrected chi connectivity index (χ4v) is 0.273. The van der Waals surface area contributed by atoms with Gasteiger partial charge in [0.25, 0.3) is 0 Å². The third-order valence-corrected chi connectivity index (χ3v) is 0.645. The third-order valence-electron chi connectivity index (χ3n) is 0.645. The molecular weight excluding hydrogens is 118 g/mol. The molecular formula is C6H12NO2+2. The molecule has 0 aromatic carbocycles. The van der Waals surface area contributed by atoms with E-state index in [1.807, 2.05) is 0 Å². The Bertz CT molecular complexity index is 129. The molecule has 0 saturated heterocycles. The highest BCUT2D eigenvalue weighted by Crippen LogP contribution is 1.85. The van der Waals surface area contributed by atoms with Crippen molar-refractivity contribution in [3.8, 4) is 0 Å². The standard InChI is InChI=1S/C6H11NO2/c1-5(2)6(8)9-7(3)4/h1H2,2-4H3/q+1/p+1. The minimum atomic E-state index is -0.352. The van der Waals surface area contributed by atoms with Crippen LogP contribution in [0.1, 0.15) is 6.92 Å². The summed E-state index contributed by atoms with van der Waals surface area (Å²) in [5.41, 5.74) is 0.427. The van der Waals surface area contributed by atoms with Gasteiger partial charge in [-0.25, -0.2) is 0 Å². The van der Waals surface area contributed by atoms with Crippen molar-refractivity contribution in [1.82, 2.24) is 0 Å². The molecule has 0 aromatic rings. The summed E-state index contributed by atoms with van der Waals surface area (Å²) >= 11 is 0. The summed E-state index contributed by atoms with van der Waals surface area (Å²) in [4.78, 5) is 15.3. The van der Waals surface area contributed by atoms with E-state index < -0.39 is 0 Å². The molecule has 0 aliphatic rings. The Kier molecular flexibility index (Phi) is 2.95. The van der Waals surface area contributed by atoms with Gasteiger partial charge in [0.1, 0.15) is 19.7 Å². The van der Waals surface area contributed by atoms with E-state index in [-0.39, 0.29) is 5.97 Å². The van der Waals surface area contributed by atoms with Gasteiger partial charge >= 0.3 is 5.97 Å². The van der Waals surface area contributed by atoms with Gasteiger partial charge in [0.15, 0.2) is 0 Å². The lowest BCUT2D eigenvalue weighted by molar-refractivity contribution is -1.04. The second-order valence-corrected chi connectivity index (χ2v) is 2.08. The van der Waals surface area contributed by atoms with Crippen molar-refractivity contribution < 1.29 is 14.7 Å². The summed E-state index contributed by atoms with van der Waals surface area (Å²) < 4.78 is 0. The zero-order chi connectivity index (χ0) is 7.44. The number of hydrogen-bond donors (Lipinski definition) is 1. The lowest BCUT2D eigenvalue weighted by Crippen LogP contribution is -3.05. The molecule has 0 aliphatic carbocycles. The average molecular weight is 130 g/mol. The molecule has 0 amide bonds. The predicted molar refractivity (Wildman–Crippen MR) is 33.7 cm³/mol. The topological polar surface area (TPSA) is 33.6 Å². The number of hydrogen-bond acceptors (Lipinski definition) is 2. The van der Waals surface area contributed by atoms with E-state index in [4.69, 9.17) is 0 Å². The first-order chi connectivity index (χ1) is 4.04. The van der Waals surface area contributed by atoms with Crippen LogP contribution in [-0.2, 0) is 9.63 Å². The second kappa shape index (κ2) is 3.25. The number of hydroxylamine groups is 2. The predicted octanol–water partition coefficient (Wildman–Crippen LogP) is -0.835. The monoisotopic (exact) mass is 130 g/mol. The van der Waals surface area contributed by atoms with E-state index in [2.05, 4.69) is 11.4 Å². The van der Waals surface area contributed by atoms with Crippen LogP contribution in [0.25, 0.3) is 0 Å². The molecule has 1 N–H and O–H groups in total. The van der Waals surface area contributed by atoms with Crippen molar-refractivity contribution in [2.45, 2.75) is 6.92 Å². The maximum Gasteiger partial charge on any atom is 0.665 e. The summed E-state index contributed by atoms with van der Waals surface area (Å²) in [6, 6.07) is 0. The SMILES string of the molecule is C=C(C)C(=[O+])O[NH+](C)C. The van der Waals surface area contributed by atoms with Gasteiger partial charge in [-0.2, -0.15) is 0 Å². The van der Waals surface area contributed by atoms with Gasteiger partial charge in [0.2, 0.25) is 0 Å². The van der Waals surface area contributed by atoms with Crippen LogP contribution in [0.15, 0.2) is 12.2 Å². The van der Waals surface area contributed by atoms with Gasteiger partial charge in [0, 0.05) is 0 Å². The van der Waals surface area contributed by atoms with Crippen molar-refractivity contribution in [2.24, 2.45) is 0 Å². The molecule has 0 heterocycles. The van der Waals surface area contributed by atoms with Crippen molar-refractivity contribution in [3.05, 3.63) is 12.2 Å². The Morgan fingerprint density at radius 2 is 2.00 bits per heavy atom. The van der Waals surface area contributed by atoms with Crippen LogP contribution < -0.4 is 5.06 Å². The lowest BCUT2D eigenvalue weighted by Gasteiger charge is -1.91. The Balaban J connectivity index is 3.65. The third kappa shape index (κ3) is 3.73. The quantitative estimate of drug-likeness (QED) is 0.300. The maximum absolute atomic E-state index is 10.6. The molecule has 0 bridgehead atoms. The van der Waals surface area contributed by atoms with Gasteiger partial charge in [-0.15, -0.1) is 0 Å². The van der Waals surface area contributed by atoms with Gasteiger partial charge in [-0.3, -0.25) is 0 Å². The van der Waals surface area contributed by atoms with Gasteiger partial charge in [-0.1, -0.05) is 16.5 Å². The van der Waals surface area contributed by atoms with E-state index in [9.17, 15) is 4.79 Å². The molecule has 3 nitrogen and oxygen atoms in total. The molecule has 0 saturated carbocycles. The number of rotatable bonds is 2. The Morgan fingerprint density at radius 3 is 2.11 bits per heavy atom.